The summed E-state index contributed by atoms with van der Waals surface area (Å²) in [7, 11) is 0. The number of nitrogens with one attached hydrogen (secondary N) is 1. The van der Waals surface area contributed by atoms with Gasteiger partial charge in [0, 0.05) is 0 Å². The molecule has 0 bridgehead atoms. The predicted octanol–water partition coefficient (Wildman–Crippen LogP) is 4.36. The van der Waals surface area contributed by atoms with Crippen LogP contribution < -0.4 is 5.48 Å². The molecule has 3 aromatic rings. The summed E-state index contributed by atoms with van der Waals surface area (Å²) < 4.78 is 41.4. The molecule has 0 fully saturated rings. The SMILES string of the molecule is CC(c1ccccc1)n1nc(-c2ccc(C(=O)NO)s2)cc1C(F)(F)F. The fourth-order valence-corrected chi connectivity index (χ4v) is 3.40. The molecule has 1 unspecified atom stereocenters. The van der Waals surface area contributed by atoms with Crippen LogP contribution in [0.25, 0.3) is 10.6 Å². The van der Waals surface area contributed by atoms with Crippen LogP contribution in [-0.4, -0.2) is 20.9 Å². The van der Waals surface area contributed by atoms with Crippen molar-refractivity contribution in [2.75, 3.05) is 0 Å². The standard InChI is InChI=1S/C17H14F3N3O2S/c1-10(11-5-3-2-4-6-11)23-15(17(18,19)20)9-12(21-23)13-7-8-14(26-13)16(24)22-25/h2-10,25H,1H3,(H,22,24). The third kappa shape index (κ3) is 3.49. The summed E-state index contributed by atoms with van der Waals surface area (Å²) in [6, 6.07) is 12.0. The highest BCUT2D eigenvalue weighted by Gasteiger charge is 2.37. The monoisotopic (exact) mass is 381 g/mol. The molecule has 136 valence electrons. The Hall–Kier alpha value is -2.65. The normalized spacial score (nSPS) is 12.8. The lowest BCUT2D eigenvalue weighted by Crippen LogP contribution is -2.18. The molecule has 1 atom stereocenters. The Morgan fingerprint density at radius 3 is 2.54 bits per heavy atom. The molecule has 1 aromatic carbocycles. The Morgan fingerprint density at radius 2 is 1.92 bits per heavy atom. The van der Waals surface area contributed by atoms with Crippen molar-refractivity contribution in [3.05, 3.63) is 64.7 Å². The molecule has 9 heteroatoms. The van der Waals surface area contributed by atoms with Gasteiger partial charge in [0.05, 0.1) is 15.8 Å². The number of hydrogen-bond acceptors (Lipinski definition) is 4. The van der Waals surface area contributed by atoms with Crippen LogP contribution in [0.2, 0.25) is 0 Å². The number of carbonyl (C=O) groups is 1. The van der Waals surface area contributed by atoms with E-state index < -0.39 is 23.8 Å². The van der Waals surface area contributed by atoms with Gasteiger partial charge in [-0.15, -0.1) is 11.3 Å². The average molecular weight is 381 g/mol. The van der Waals surface area contributed by atoms with Crippen LogP contribution in [-0.2, 0) is 6.18 Å². The fourth-order valence-electron chi connectivity index (χ4n) is 2.55. The molecule has 0 spiro atoms. The summed E-state index contributed by atoms with van der Waals surface area (Å²) in [4.78, 5) is 12.0. The molecule has 2 aromatic heterocycles. The number of amides is 1. The number of aromatic nitrogens is 2. The Morgan fingerprint density at radius 1 is 1.23 bits per heavy atom. The van der Waals surface area contributed by atoms with Gasteiger partial charge >= 0.3 is 6.18 Å². The molecule has 2 N–H and O–H groups in total. The Bertz CT molecular complexity index is 919. The molecule has 2 heterocycles. The largest absolute Gasteiger partial charge is 0.433 e. The van der Waals surface area contributed by atoms with Gasteiger partial charge in [-0.1, -0.05) is 30.3 Å². The van der Waals surface area contributed by atoms with Gasteiger partial charge in [0.15, 0.2) is 0 Å². The second-order valence-electron chi connectivity index (χ2n) is 5.55. The van der Waals surface area contributed by atoms with Crippen LogP contribution >= 0.6 is 11.3 Å². The van der Waals surface area contributed by atoms with E-state index in [-0.39, 0.29) is 10.6 Å². The van der Waals surface area contributed by atoms with E-state index in [2.05, 4.69) is 5.10 Å². The maximum absolute atomic E-state index is 13.5. The van der Waals surface area contributed by atoms with E-state index >= 15 is 0 Å². The van der Waals surface area contributed by atoms with Crippen molar-refractivity contribution in [2.45, 2.75) is 19.1 Å². The molecule has 0 radical (unpaired) electrons. The molecular formula is C17H14F3N3O2S. The number of benzene rings is 1. The van der Waals surface area contributed by atoms with Crippen LogP contribution in [0.15, 0.2) is 48.5 Å². The van der Waals surface area contributed by atoms with E-state index in [0.29, 0.717) is 10.4 Å². The smallest absolute Gasteiger partial charge is 0.288 e. The second kappa shape index (κ2) is 6.93. The van der Waals surface area contributed by atoms with Crippen molar-refractivity contribution in [3.63, 3.8) is 0 Å². The molecule has 0 aliphatic heterocycles. The highest BCUT2D eigenvalue weighted by molar-refractivity contribution is 7.17. The maximum atomic E-state index is 13.5. The summed E-state index contributed by atoms with van der Waals surface area (Å²) in [5.41, 5.74) is 1.43. The van der Waals surface area contributed by atoms with Crippen molar-refractivity contribution in [1.29, 1.82) is 0 Å². The molecule has 0 aliphatic rings. The third-order valence-electron chi connectivity index (χ3n) is 3.86. The molecule has 1 amide bonds. The minimum Gasteiger partial charge on any atom is -0.288 e. The summed E-state index contributed by atoms with van der Waals surface area (Å²) >= 11 is 0.944. The number of thiophene rings is 1. The number of halogens is 3. The van der Waals surface area contributed by atoms with Crippen LogP contribution in [0.3, 0.4) is 0 Å². The third-order valence-corrected chi connectivity index (χ3v) is 4.97. The van der Waals surface area contributed by atoms with E-state index in [1.807, 2.05) is 0 Å². The summed E-state index contributed by atoms with van der Waals surface area (Å²) in [6.45, 7) is 1.64. The van der Waals surface area contributed by atoms with Gasteiger partial charge in [0.1, 0.15) is 11.4 Å². The first-order valence-corrected chi connectivity index (χ1v) is 8.39. The molecule has 0 saturated heterocycles. The first kappa shape index (κ1) is 18.2. The first-order valence-electron chi connectivity index (χ1n) is 7.57. The molecule has 0 aliphatic carbocycles. The number of nitrogens with zero attached hydrogens (tertiary/aromatic N) is 2. The van der Waals surface area contributed by atoms with Gasteiger partial charge in [0.2, 0.25) is 0 Å². The molecular weight excluding hydrogens is 367 g/mol. The fraction of sp³-hybridized carbons (Fsp3) is 0.176. The number of hydrogen-bond donors (Lipinski definition) is 2. The van der Waals surface area contributed by atoms with Crippen molar-refractivity contribution < 1.29 is 23.2 Å². The molecule has 3 rings (SSSR count). The molecule has 0 saturated carbocycles. The van der Waals surface area contributed by atoms with Crippen molar-refractivity contribution in [3.8, 4) is 10.6 Å². The zero-order valence-corrected chi connectivity index (χ0v) is 14.3. The van der Waals surface area contributed by atoms with E-state index in [0.717, 1.165) is 22.1 Å². The predicted molar refractivity (Wildman–Crippen MR) is 90.0 cm³/mol. The van der Waals surface area contributed by atoms with Gasteiger partial charge in [-0.2, -0.15) is 18.3 Å². The van der Waals surface area contributed by atoms with Gasteiger partial charge in [-0.05, 0) is 30.7 Å². The number of alkyl halides is 3. The molecule has 5 nitrogen and oxygen atoms in total. The Kier molecular flexibility index (Phi) is 4.84. The van der Waals surface area contributed by atoms with Gasteiger partial charge in [0.25, 0.3) is 5.91 Å². The van der Waals surface area contributed by atoms with Crippen LogP contribution in [0.4, 0.5) is 13.2 Å². The van der Waals surface area contributed by atoms with Crippen LogP contribution in [0, 0.1) is 0 Å². The van der Waals surface area contributed by atoms with Gasteiger partial charge < -0.3 is 0 Å². The van der Waals surface area contributed by atoms with E-state index in [9.17, 15) is 18.0 Å². The zero-order valence-electron chi connectivity index (χ0n) is 13.5. The van der Waals surface area contributed by atoms with Crippen LogP contribution in [0.1, 0.15) is 33.9 Å². The highest BCUT2D eigenvalue weighted by atomic mass is 32.1. The number of rotatable bonds is 4. The summed E-state index contributed by atoms with van der Waals surface area (Å²) in [6.07, 6.45) is -4.57. The number of hydroxylamine groups is 1. The van der Waals surface area contributed by atoms with E-state index in [4.69, 9.17) is 5.21 Å². The zero-order chi connectivity index (χ0) is 18.9. The second-order valence-corrected chi connectivity index (χ2v) is 6.63. The van der Waals surface area contributed by atoms with Crippen molar-refractivity contribution in [1.82, 2.24) is 15.3 Å². The van der Waals surface area contributed by atoms with Gasteiger partial charge in [-0.25, -0.2) is 5.48 Å². The topological polar surface area (TPSA) is 67.2 Å². The maximum Gasteiger partial charge on any atom is 0.433 e. The Labute approximate surface area is 150 Å². The Balaban J connectivity index is 2.05. The summed E-state index contributed by atoms with van der Waals surface area (Å²) in [5, 5.41) is 12.8. The van der Waals surface area contributed by atoms with Crippen LogP contribution in [0.5, 0.6) is 0 Å². The number of carbonyl (C=O) groups excluding carboxylic acids is 1. The lowest BCUT2D eigenvalue weighted by molar-refractivity contribution is -0.144. The minimum atomic E-state index is -4.57. The van der Waals surface area contributed by atoms with Gasteiger partial charge in [-0.3, -0.25) is 14.7 Å². The molecule has 26 heavy (non-hydrogen) atoms. The van der Waals surface area contributed by atoms with Crippen molar-refractivity contribution >= 4 is 17.2 Å². The summed E-state index contributed by atoms with van der Waals surface area (Å²) in [5.74, 6) is -0.727. The van der Waals surface area contributed by atoms with E-state index in [1.54, 1.807) is 37.3 Å². The lowest BCUT2D eigenvalue weighted by Gasteiger charge is -2.17. The minimum absolute atomic E-state index is 0.113. The average Bonchev–Trinajstić information content (AvgIpc) is 3.27. The van der Waals surface area contributed by atoms with Crippen molar-refractivity contribution in [2.24, 2.45) is 0 Å². The van der Waals surface area contributed by atoms with E-state index in [1.165, 1.54) is 17.6 Å². The first-order chi connectivity index (χ1) is 12.3. The highest BCUT2D eigenvalue weighted by Crippen LogP contribution is 2.37. The lowest BCUT2D eigenvalue weighted by atomic mass is 10.1. The quantitative estimate of drug-likeness (QED) is 0.521.